The van der Waals surface area contributed by atoms with Crippen LogP contribution in [0, 0.1) is 0 Å². The molecule has 0 fully saturated rings. The number of halogens is 3. The zero-order valence-electron chi connectivity index (χ0n) is 10.6. The van der Waals surface area contributed by atoms with Crippen molar-refractivity contribution in [2.24, 2.45) is 5.73 Å². The van der Waals surface area contributed by atoms with Gasteiger partial charge < -0.3 is 10.5 Å². The summed E-state index contributed by atoms with van der Waals surface area (Å²) in [5, 5.41) is 0. The van der Waals surface area contributed by atoms with Crippen LogP contribution in [0.15, 0.2) is 18.2 Å². The smallest absolute Gasteiger partial charge is 0.416 e. The van der Waals surface area contributed by atoms with Crippen LogP contribution < -0.4 is 10.5 Å². The molecular weight excluding hydrogens is 275 g/mol. The van der Waals surface area contributed by atoms with Crippen molar-refractivity contribution < 1.29 is 17.9 Å². The second-order valence-electron chi connectivity index (χ2n) is 4.13. The van der Waals surface area contributed by atoms with E-state index < -0.39 is 11.7 Å². The summed E-state index contributed by atoms with van der Waals surface area (Å²) in [6, 6.07) is 3.16. The van der Waals surface area contributed by atoms with E-state index in [0.29, 0.717) is 12.4 Å². The second kappa shape index (κ2) is 6.75. The number of ether oxygens (including phenoxy) is 1. The van der Waals surface area contributed by atoms with E-state index >= 15 is 0 Å². The molecule has 1 rings (SSSR count). The lowest BCUT2D eigenvalue weighted by atomic mass is 10.1. The lowest BCUT2D eigenvalue weighted by Crippen LogP contribution is -2.14. The van der Waals surface area contributed by atoms with Gasteiger partial charge in [-0.3, -0.25) is 0 Å². The van der Waals surface area contributed by atoms with Gasteiger partial charge in [0.25, 0.3) is 0 Å². The topological polar surface area (TPSA) is 35.2 Å². The van der Waals surface area contributed by atoms with Crippen molar-refractivity contribution in [3.63, 3.8) is 0 Å². The molecule has 0 aliphatic carbocycles. The van der Waals surface area contributed by atoms with Crippen LogP contribution in [0.1, 0.15) is 37.3 Å². The van der Waals surface area contributed by atoms with Crippen molar-refractivity contribution in [3.8, 4) is 5.75 Å². The summed E-state index contributed by atoms with van der Waals surface area (Å²) in [4.78, 5) is -0.100. The van der Waals surface area contributed by atoms with Crippen LogP contribution in [-0.2, 0) is 6.18 Å². The third-order valence-electron chi connectivity index (χ3n) is 2.58. The number of thiocarbonyl (C=S) groups is 1. The third-order valence-corrected chi connectivity index (χ3v) is 2.80. The molecular formula is C13H16F3NOS. The Labute approximate surface area is 115 Å². The Kier molecular flexibility index (Phi) is 5.60. The van der Waals surface area contributed by atoms with E-state index in [1.54, 1.807) is 0 Å². The fourth-order valence-electron chi connectivity index (χ4n) is 1.56. The molecule has 0 aliphatic heterocycles. The molecule has 6 heteroatoms. The molecule has 2 N–H and O–H groups in total. The number of hydrogen-bond donors (Lipinski definition) is 1. The van der Waals surface area contributed by atoms with Crippen molar-refractivity contribution in [2.75, 3.05) is 6.61 Å². The van der Waals surface area contributed by atoms with Gasteiger partial charge in [-0.15, -0.1) is 0 Å². The van der Waals surface area contributed by atoms with Crippen LogP contribution in [0.25, 0.3) is 0 Å². The first-order valence-electron chi connectivity index (χ1n) is 6.00. The van der Waals surface area contributed by atoms with Crippen LogP contribution >= 0.6 is 12.2 Å². The summed E-state index contributed by atoms with van der Waals surface area (Å²) in [7, 11) is 0. The second-order valence-corrected chi connectivity index (χ2v) is 4.57. The maximum atomic E-state index is 12.6. The molecule has 0 atom stereocenters. The number of hydrogen-bond acceptors (Lipinski definition) is 2. The van der Waals surface area contributed by atoms with Crippen molar-refractivity contribution in [1.29, 1.82) is 0 Å². The average Bonchev–Trinajstić information content (AvgIpc) is 2.33. The normalized spacial score (nSPS) is 11.4. The van der Waals surface area contributed by atoms with Gasteiger partial charge in [-0.25, -0.2) is 0 Å². The van der Waals surface area contributed by atoms with Crippen LogP contribution in [0.2, 0.25) is 0 Å². The molecule has 1 aromatic rings. The van der Waals surface area contributed by atoms with Crippen molar-refractivity contribution in [1.82, 2.24) is 0 Å². The largest absolute Gasteiger partial charge is 0.493 e. The standard InChI is InChI=1S/C13H16F3NOS/c1-2-3-4-7-18-11-6-5-9(13(14,15)16)8-10(11)12(17)19/h5-6,8H,2-4,7H2,1H3,(H2,17,19). The molecule has 0 saturated heterocycles. The van der Waals surface area contributed by atoms with Gasteiger partial charge in [0.05, 0.1) is 17.7 Å². The number of benzene rings is 1. The molecule has 106 valence electrons. The van der Waals surface area contributed by atoms with E-state index in [9.17, 15) is 13.2 Å². The van der Waals surface area contributed by atoms with E-state index in [2.05, 4.69) is 6.92 Å². The molecule has 2 nitrogen and oxygen atoms in total. The highest BCUT2D eigenvalue weighted by Gasteiger charge is 2.31. The molecule has 0 saturated carbocycles. The summed E-state index contributed by atoms with van der Waals surface area (Å²) in [5.74, 6) is 0.302. The summed E-state index contributed by atoms with van der Waals surface area (Å²) in [6.07, 6.45) is -1.53. The number of nitrogens with two attached hydrogens (primary N) is 1. The fraction of sp³-hybridized carbons (Fsp3) is 0.462. The maximum absolute atomic E-state index is 12.6. The highest BCUT2D eigenvalue weighted by Crippen LogP contribution is 2.32. The van der Waals surface area contributed by atoms with Gasteiger partial charge >= 0.3 is 6.18 Å². The lowest BCUT2D eigenvalue weighted by Gasteiger charge is -2.13. The molecule has 1 aromatic carbocycles. The molecule has 0 bridgehead atoms. The number of rotatable bonds is 6. The Hall–Kier alpha value is -1.30. The minimum atomic E-state index is -4.42. The zero-order valence-corrected chi connectivity index (χ0v) is 11.4. The predicted molar refractivity (Wildman–Crippen MR) is 72.4 cm³/mol. The first-order valence-corrected chi connectivity index (χ1v) is 6.41. The minimum Gasteiger partial charge on any atom is -0.493 e. The highest BCUT2D eigenvalue weighted by atomic mass is 32.1. The van der Waals surface area contributed by atoms with E-state index in [1.165, 1.54) is 6.07 Å². The summed E-state index contributed by atoms with van der Waals surface area (Å²) >= 11 is 4.76. The van der Waals surface area contributed by atoms with E-state index in [0.717, 1.165) is 31.4 Å². The van der Waals surface area contributed by atoms with E-state index in [-0.39, 0.29) is 10.6 Å². The SMILES string of the molecule is CCCCCOc1ccc(C(F)(F)F)cc1C(N)=S. The zero-order chi connectivity index (χ0) is 14.5. The summed E-state index contributed by atoms with van der Waals surface area (Å²) in [6.45, 7) is 2.49. The summed E-state index contributed by atoms with van der Waals surface area (Å²) < 4.78 is 43.2. The molecule has 0 aliphatic rings. The molecule has 0 spiro atoms. The van der Waals surface area contributed by atoms with Crippen molar-refractivity contribution >= 4 is 17.2 Å². The van der Waals surface area contributed by atoms with E-state index in [4.69, 9.17) is 22.7 Å². The van der Waals surface area contributed by atoms with Crippen molar-refractivity contribution in [3.05, 3.63) is 29.3 Å². The Balaban J connectivity index is 2.90. The van der Waals surface area contributed by atoms with Crippen LogP contribution in [0.5, 0.6) is 5.75 Å². The minimum absolute atomic E-state index is 0.100. The molecule has 19 heavy (non-hydrogen) atoms. The molecule has 0 aromatic heterocycles. The quantitative estimate of drug-likeness (QED) is 0.637. The first-order chi connectivity index (χ1) is 8.86. The van der Waals surface area contributed by atoms with Gasteiger partial charge in [-0.1, -0.05) is 32.0 Å². The average molecular weight is 291 g/mol. The Morgan fingerprint density at radius 1 is 1.32 bits per heavy atom. The Morgan fingerprint density at radius 2 is 2.00 bits per heavy atom. The van der Waals surface area contributed by atoms with Crippen LogP contribution in [0.4, 0.5) is 13.2 Å². The van der Waals surface area contributed by atoms with Gasteiger partial charge in [-0.05, 0) is 24.6 Å². The van der Waals surface area contributed by atoms with Crippen LogP contribution in [0.3, 0.4) is 0 Å². The Morgan fingerprint density at radius 3 is 2.53 bits per heavy atom. The Bertz CT molecular complexity index is 446. The van der Waals surface area contributed by atoms with Gasteiger partial charge in [0.1, 0.15) is 10.7 Å². The summed E-state index contributed by atoms with van der Waals surface area (Å²) in [5.41, 5.74) is 4.79. The fourth-order valence-corrected chi connectivity index (χ4v) is 1.72. The first kappa shape index (κ1) is 15.8. The third kappa shape index (κ3) is 4.70. The molecule has 0 heterocycles. The van der Waals surface area contributed by atoms with E-state index in [1.807, 2.05) is 0 Å². The number of unbranched alkanes of at least 4 members (excludes halogenated alkanes) is 2. The molecule has 0 radical (unpaired) electrons. The predicted octanol–water partition coefficient (Wildman–Crippen LogP) is 3.91. The van der Waals surface area contributed by atoms with Gasteiger partial charge in [0.15, 0.2) is 0 Å². The monoisotopic (exact) mass is 291 g/mol. The van der Waals surface area contributed by atoms with Crippen molar-refractivity contribution in [2.45, 2.75) is 32.4 Å². The van der Waals surface area contributed by atoms with Gasteiger partial charge in [0, 0.05) is 0 Å². The van der Waals surface area contributed by atoms with Gasteiger partial charge in [0.2, 0.25) is 0 Å². The van der Waals surface area contributed by atoms with Crippen LogP contribution in [-0.4, -0.2) is 11.6 Å². The maximum Gasteiger partial charge on any atom is 0.416 e. The number of alkyl halides is 3. The van der Waals surface area contributed by atoms with Gasteiger partial charge in [-0.2, -0.15) is 13.2 Å². The molecule has 0 amide bonds. The molecule has 0 unspecified atom stereocenters. The highest BCUT2D eigenvalue weighted by molar-refractivity contribution is 7.80. The lowest BCUT2D eigenvalue weighted by molar-refractivity contribution is -0.137.